The summed E-state index contributed by atoms with van der Waals surface area (Å²) in [6, 6.07) is 25.4. The molecule has 2 heterocycles. The Bertz CT molecular complexity index is 1220. The molecule has 0 saturated carbocycles. The largest absolute Gasteiger partial charge is 0.326 e. The Labute approximate surface area is 217 Å². The van der Waals surface area contributed by atoms with Gasteiger partial charge in [-0.05, 0) is 41.8 Å². The second-order valence-corrected chi connectivity index (χ2v) is 9.69. The van der Waals surface area contributed by atoms with Crippen LogP contribution in [0, 0.1) is 0 Å². The third-order valence-corrected chi connectivity index (χ3v) is 7.02. The molecular weight excluding hydrogens is 464 g/mol. The number of carbonyl (C=O) groups is 3. The predicted molar refractivity (Wildman–Crippen MR) is 143 cm³/mol. The SMILES string of the molecule is O=C(CCCN1C(=O)c2ccccc2C1=O)Nc1ccc(CN2CCN(Cc3ccccc3)CC2)cc1. The van der Waals surface area contributed by atoms with Crippen molar-refractivity contribution in [3.63, 3.8) is 0 Å². The summed E-state index contributed by atoms with van der Waals surface area (Å²) < 4.78 is 0. The standard InChI is InChI=1S/C30H32N4O3/c35-28(11-6-16-34-29(36)26-9-4-5-10-27(26)30(34)37)31-25-14-12-24(13-15-25)22-33-19-17-32(18-20-33)21-23-7-2-1-3-8-23/h1-5,7-10,12-15H,6,11,16-22H2,(H,31,35). The van der Waals surface area contributed by atoms with Gasteiger partial charge in [-0.1, -0.05) is 54.6 Å². The minimum Gasteiger partial charge on any atom is -0.326 e. The number of imide groups is 1. The second-order valence-electron chi connectivity index (χ2n) is 9.69. The number of amides is 3. The molecule has 5 rings (SSSR count). The van der Waals surface area contributed by atoms with Gasteiger partial charge in [-0.25, -0.2) is 0 Å². The van der Waals surface area contributed by atoms with Crippen molar-refractivity contribution >= 4 is 23.4 Å². The number of nitrogens with zero attached hydrogens (tertiary/aromatic N) is 3. The molecule has 0 aliphatic carbocycles. The highest BCUT2D eigenvalue weighted by atomic mass is 16.2. The predicted octanol–water partition coefficient (Wildman–Crippen LogP) is 4.02. The third-order valence-electron chi connectivity index (χ3n) is 7.02. The Hall–Kier alpha value is -3.81. The lowest BCUT2D eigenvalue weighted by molar-refractivity contribution is -0.116. The number of nitrogens with one attached hydrogen (secondary N) is 1. The normalized spacial score (nSPS) is 16.2. The fourth-order valence-electron chi connectivity index (χ4n) is 4.96. The number of anilines is 1. The molecule has 1 N–H and O–H groups in total. The fourth-order valence-corrected chi connectivity index (χ4v) is 4.96. The number of carbonyl (C=O) groups excluding carboxylic acids is 3. The van der Waals surface area contributed by atoms with Crippen LogP contribution in [0.5, 0.6) is 0 Å². The Kier molecular flexibility index (Phi) is 7.73. The van der Waals surface area contributed by atoms with Crippen LogP contribution in [0.4, 0.5) is 5.69 Å². The Morgan fingerprint density at radius 3 is 1.76 bits per heavy atom. The van der Waals surface area contributed by atoms with E-state index < -0.39 is 0 Å². The summed E-state index contributed by atoms with van der Waals surface area (Å²) >= 11 is 0. The molecule has 2 aliphatic rings. The van der Waals surface area contributed by atoms with Gasteiger partial charge in [-0.2, -0.15) is 0 Å². The molecule has 0 aromatic heterocycles. The number of fused-ring (bicyclic) bond motifs is 1. The molecular formula is C30H32N4O3. The summed E-state index contributed by atoms with van der Waals surface area (Å²) in [5, 5.41) is 2.92. The van der Waals surface area contributed by atoms with Crippen LogP contribution in [-0.2, 0) is 17.9 Å². The first-order valence-corrected chi connectivity index (χ1v) is 12.9. The zero-order valence-corrected chi connectivity index (χ0v) is 20.9. The van der Waals surface area contributed by atoms with Crippen LogP contribution in [0.2, 0.25) is 0 Å². The zero-order valence-electron chi connectivity index (χ0n) is 20.9. The number of piperazine rings is 1. The monoisotopic (exact) mass is 496 g/mol. The first-order chi connectivity index (χ1) is 18.1. The van der Waals surface area contributed by atoms with Crippen molar-refractivity contribution in [1.29, 1.82) is 0 Å². The lowest BCUT2D eigenvalue weighted by Gasteiger charge is -2.34. The summed E-state index contributed by atoms with van der Waals surface area (Å²) in [6.07, 6.45) is 0.661. The van der Waals surface area contributed by atoms with Gasteiger partial charge in [0.25, 0.3) is 11.8 Å². The molecule has 2 aliphatic heterocycles. The van der Waals surface area contributed by atoms with Gasteiger partial charge in [0, 0.05) is 57.9 Å². The maximum Gasteiger partial charge on any atom is 0.261 e. The number of hydrogen-bond acceptors (Lipinski definition) is 5. The van der Waals surface area contributed by atoms with E-state index in [4.69, 9.17) is 0 Å². The van der Waals surface area contributed by atoms with E-state index in [-0.39, 0.29) is 30.7 Å². The number of rotatable bonds is 9. The van der Waals surface area contributed by atoms with E-state index in [0.717, 1.165) is 45.0 Å². The van der Waals surface area contributed by atoms with Crippen LogP contribution >= 0.6 is 0 Å². The maximum absolute atomic E-state index is 12.4. The minimum absolute atomic E-state index is 0.126. The number of hydrogen-bond donors (Lipinski definition) is 1. The van der Waals surface area contributed by atoms with Gasteiger partial charge in [0.2, 0.25) is 5.91 Å². The topological polar surface area (TPSA) is 73.0 Å². The van der Waals surface area contributed by atoms with Gasteiger partial charge in [-0.15, -0.1) is 0 Å². The van der Waals surface area contributed by atoms with Crippen LogP contribution in [-0.4, -0.2) is 65.1 Å². The van der Waals surface area contributed by atoms with Crippen molar-refractivity contribution in [2.24, 2.45) is 0 Å². The first-order valence-electron chi connectivity index (χ1n) is 12.9. The molecule has 190 valence electrons. The van der Waals surface area contributed by atoms with Gasteiger partial charge in [0.05, 0.1) is 11.1 Å². The second kappa shape index (κ2) is 11.5. The summed E-state index contributed by atoms with van der Waals surface area (Å²) in [5.41, 5.74) is 4.21. The fraction of sp³-hybridized carbons (Fsp3) is 0.300. The Morgan fingerprint density at radius 2 is 1.19 bits per heavy atom. The molecule has 0 unspecified atom stereocenters. The van der Waals surface area contributed by atoms with Crippen molar-refractivity contribution in [1.82, 2.24) is 14.7 Å². The molecule has 3 aromatic rings. The molecule has 1 fully saturated rings. The molecule has 0 spiro atoms. The summed E-state index contributed by atoms with van der Waals surface area (Å²) in [5.74, 6) is -0.692. The highest BCUT2D eigenvalue weighted by Gasteiger charge is 2.34. The van der Waals surface area contributed by atoms with Crippen LogP contribution < -0.4 is 5.32 Å². The summed E-state index contributed by atoms with van der Waals surface area (Å²) in [7, 11) is 0. The van der Waals surface area contributed by atoms with E-state index in [1.807, 2.05) is 12.1 Å². The van der Waals surface area contributed by atoms with Crippen LogP contribution in [0.15, 0.2) is 78.9 Å². The van der Waals surface area contributed by atoms with E-state index in [1.165, 1.54) is 16.0 Å². The molecule has 0 radical (unpaired) electrons. The Balaban J connectivity index is 1.02. The van der Waals surface area contributed by atoms with Crippen molar-refractivity contribution in [2.75, 3.05) is 38.0 Å². The summed E-state index contributed by atoms with van der Waals surface area (Å²) in [4.78, 5) is 43.5. The van der Waals surface area contributed by atoms with E-state index in [2.05, 4.69) is 57.6 Å². The molecule has 0 atom stereocenters. The molecule has 7 nitrogen and oxygen atoms in total. The molecule has 3 aromatic carbocycles. The Morgan fingerprint density at radius 1 is 0.676 bits per heavy atom. The van der Waals surface area contributed by atoms with Gasteiger partial charge in [0.15, 0.2) is 0 Å². The maximum atomic E-state index is 12.4. The van der Waals surface area contributed by atoms with Crippen molar-refractivity contribution in [3.8, 4) is 0 Å². The smallest absolute Gasteiger partial charge is 0.261 e. The van der Waals surface area contributed by atoms with Gasteiger partial charge in [0.1, 0.15) is 0 Å². The quantitative estimate of drug-likeness (QED) is 0.453. The molecule has 0 bridgehead atoms. The van der Waals surface area contributed by atoms with Gasteiger partial charge < -0.3 is 5.32 Å². The van der Waals surface area contributed by atoms with Crippen molar-refractivity contribution < 1.29 is 14.4 Å². The summed E-state index contributed by atoms with van der Waals surface area (Å²) in [6.45, 7) is 6.33. The average Bonchev–Trinajstić information content (AvgIpc) is 3.16. The lowest BCUT2D eigenvalue weighted by atomic mass is 10.1. The van der Waals surface area contributed by atoms with E-state index in [0.29, 0.717) is 17.5 Å². The van der Waals surface area contributed by atoms with Crippen molar-refractivity contribution in [2.45, 2.75) is 25.9 Å². The molecule has 1 saturated heterocycles. The molecule has 37 heavy (non-hydrogen) atoms. The average molecular weight is 497 g/mol. The molecule has 3 amide bonds. The van der Waals surface area contributed by atoms with E-state index >= 15 is 0 Å². The van der Waals surface area contributed by atoms with Crippen LogP contribution in [0.1, 0.15) is 44.7 Å². The van der Waals surface area contributed by atoms with E-state index in [9.17, 15) is 14.4 Å². The highest BCUT2D eigenvalue weighted by Crippen LogP contribution is 2.23. The molecule has 7 heteroatoms. The number of benzene rings is 3. The van der Waals surface area contributed by atoms with Gasteiger partial charge >= 0.3 is 0 Å². The lowest BCUT2D eigenvalue weighted by Crippen LogP contribution is -2.45. The first kappa shape index (κ1) is 24.9. The zero-order chi connectivity index (χ0) is 25.6. The van der Waals surface area contributed by atoms with Gasteiger partial charge in [-0.3, -0.25) is 29.1 Å². The minimum atomic E-state index is -0.283. The third kappa shape index (κ3) is 6.13. The van der Waals surface area contributed by atoms with Crippen LogP contribution in [0.3, 0.4) is 0 Å². The highest BCUT2D eigenvalue weighted by molar-refractivity contribution is 6.21. The van der Waals surface area contributed by atoms with Crippen molar-refractivity contribution in [3.05, 3.63) is 101 Å². The van der Waals surface area contributed by atoms with E-state index in [1.54, 1.807) is 24.3 Å². The van der Waals surface area contributed by atoms with Crippen LogP contribution in [0.25, 0.3) is 0 Å².